The molecule has 1 amide bonds. The Labute approximate surface area is 172 Å². The Bertz CT molecular complexity index is 1080. The highest BCUT2D eigenvalue weighted by Gasteiger charge is 2.32. The van der Waals surface area contributed by atoms with Gasteiger partial charge in [-0.2, -0.15) is 9.78 Å². The molecule has 0 unspecified atom stereocenters. The van der Waals surface area contributed by atoms with Gasteiger partial charge in [0.15, 0.2) is 0 Å². The number of amides is 1. The fourth-order valence-corrected chi connectivity index (χ4v) is 3.26. The van der Waals surface area contributed by atoms with Crippen molar-refractivity contribution in [3.05, 3.63) is 75.8 Å². The molecule has 0 bridgehead atoms. The van der Waals surface area contributed by atoms with Gasteiger partial charge in [-0.25, -0.2) is 0 Å². The van der Waals surface area contributed by atoms with Crippen LogP contribution in [0.1, 0.15) is 23.2 Å². The number of aliphatic hydroxyl groups is 1. The van der Waals surface area contributed by atoms with Crippen LogP contribution in [0.15, 0.2) is 59.7 Å². The molecule has 1 aromatic carbocycles. The second-order valence-electron chi connectivity index (χ2n) is 6.98. The summed E-state index contributed by atoms with van der Waals surface area (Å²) in [6.07, 6.45) is 5.00. The number of aromatic nitrogens is 3. The van der Waals surface area contributed by atoms with Crippen molar-refractivity contribution in [3.63, 3.8) is 0 Å². The topological polar surface area (TPSA) is 97.1 Å². The van der Waals surface area contributed by atoms with Crippen LogP contribution in [-0.4, -0.2) is 38.4 Å². The van der Waals surface area contributed by atoms with Gasteiger partial charge >= 0.3 is 0 Å². The van der Waals surface area contributed by atoms with Crippen molar-refractivity contribution in [2.45, 2.75) is 18.9 Å². The van der Waals surface area contributed by atoms with E-state index in [4.69, 9.17) is 11.6 Å². The number of carbonyl (C=O) groups excluding carboxylic acids is 1. The van der Waals surface area contributed by atoms with Crippen LogP contribution in [0.2, 0.25) is 5.02 Å². The van der Waals surface area contributed by atoms with Crippen LogP contribution in [0.3, 0.4) is 0 Å². The Morgan fingerprint density at radius 2 is 2.03 bits per heavy atom. The zero-order valence-electron chi connectivity index (χ0n) is 15.5. The van der Waals surface area contributed by atoms with Crippen LogP contribution in [0.4, 0.5) is 0 Å². The molecule has 29 heavy (non-hydrogen) atoms. The highest BCUT2D eigenvalue weighted by molar-refractivity contribution is 6.30. The van der Waals surface area contributed by atoms with Crippen molar-refractivity contribution >= 4 is 17.5 Å². The van der Waals surface area contributed by atoms with E-state index in [9.17, 15) is 14.7 Å². The first-order valence-corrected chi connectivity index (χ1v) is 9.67. The average molecular weight is 411 g/mol. The normalized spacial score (nSPS) is 14.4. The third-order valence-electron chi connectivity index (χ3n) is 4.89. The van der Waals surface area contributed by atoms with E-state index in [1.165, 1.54) is 12.3 Å². The van der Waals surface area contributed by atoms with Gasteiger partial charge in [-0.05, 0) is 49.1 Å². The first kappa shape index (κ1) is 19.3. The second kappa shape index (κ2) is 8.14. The largest absolute Gasteiger partial charge is 0.394 e. The number of hydrogen-bond donors (Lipinski definition) is 2. The monoisotopic (exact) mass is 410 g/mol. The van der Waals surface area contributed by atoms with Gasteiger partial charge in [0.2, 0.25) is 0 Å². The minimum atomic E-state index is -0.555. The second-order valence-corrected chi connectivity index (χ2v) is 7.41. The zero-order chi connectivity index (χ0) is 20.4. The number of halogens is 1. The lowest BCUT2D eigenvalue weighted by Crippen LogP contribution is -2.42. The third kappa shape index (κ3) is 4.21. The van der Waals surface area contributed by atoms with Crippen LogP contribution < -0.4 is 10.9 Å². The summed E-state index contributed by atoms with van der Waals surface area (Å²) in [5.74, 6) is -0.279. The summed E-state index contributed by atoms with van der Waals surface area (Å²) in [6.45, 7) is -0.164. The summed E-state index contributed by atoms with van der Waals surface area (Å²) in [6, 6.07) is 11.5. The summed E-state index contributed by atoms with van der Waals surface area (Å²) in [4.78, 5) is 30.0. The molecule has 148 valence electrons. The van der Waals surface area contributed by atoms with Crippen LogP contribution in [-0.2, 0) is 0 Å². The molecule has 1 aliphatic carbocycles. The van der Waals surface area contributed by atoms with Gasteiger partial charge in [0.05, 0.1) is 30.2 Å². The molecule has 0 radical (unpaired) electrons. The number of nitrogens with zero attached hydrogens (tertiary/aromatic N) is 3. The van der Waals surface area contributed by atoms with Gasteiger partial charge in [-0.1, -0.05) is 23.7 Å². The molecular formula is C21H19ClN4O3. The maximum atomic E-state index is 13.0. The SMILES string of the molecule is O=C(N[C@@H](CO)C1CC1)c1cc(-c2ccc(Cl)cc2)nn(-c2cccnc2)c1=O. The van der Waals surface area contributed by atoms with Crippen LogP contribution >= 0.6 is 11.6 Å². The van der Waals surface area contributed by atoms with E-state index in [0.717, 1.165) is 17.5 Å². The lowest BCUT2D eigenvalue weighted by atomic mass is 10.1. The Kier molecular flexibility index (Phi) is 5.42. The molecule has 2 heterocycles. The molecule has 8 heteroatoms. The van der Waals surface area contributed by atoms with Gasteiger partial charge in [0.25, 0.3) is 11.5 Å². The molecule has 2 aromatic heterocycles. The van der Waals surface area contributed by atoms with Crippen molar-refractivity contribution in [1.82, 2.24) is 20.1 Å². The number of benzene rings is 1. The molecular weight excluding hydrogens is 392 g/mol. The molecule has 7 nitrogen and oxygen atoms in total. The highest BCUT2D eigenvalue weighted by Crippen LogP contribution is 2.32. The molecule has 1 fully saturated rings. The summed E-state index contributed by atoms with van der Waals surface area (Å²) in [5.41, 5.74) is 1.00. The summed E-state index contributed by atoms with van der Waals surface area (Å²) >= 11 is 5.97. The van der Waals surface area contributed by atoms with Gasteiger partial charge in [0, 0.05) is 16.8 Å². The molecule has 1 aliphatic rings. The molecule has 0 saturated heterocycles. The van der Waals surface area contributed by atoms with Gasteiger partial charge in [-0.3, -0.25) is 14.6 Å². The summed E-state index contributed by atoms with van der Waals surface area (Å²) in [7, 11) is 0. The van der Waals surface area contributed by atoms with Crippen molar-refractivity contribution in [2.24, 2.45) is 5.92 Å². The minimum Gasteiger partial charge on any atom is -0.394 e. The van der Waals surface area contributed by atoms with Crippen molar-refractivity contribution < 1.29 is 9.90 Å². The molecule has 3 aromatic rings. The first-order valence-electron chi connectivity index (χ1n) is 9.29. The highest BCUT2D eigenvalue weighted by atomic mass is 35.5. The number of pyridine rings is 1. The maximum Gasteiger partial charge on any atom is 0.284 e. The smallest absolute Gasteiger partial charge is 0.284 e. The van der Waals surface area contributed by atoms with Crippen LogP contribution in [0.25, 0.3) is 16.9 Å². The lowest BCUT2D eigenvalue weighted by molar-refractivity contribution is 0.0906. The Hall–Kier alpha value is -3.03. The van der Waals surface area contributed by atoms with Crippen molar-refractivity contribution in [3.8, 4) is 16.9 Å². The Balaban J connectivity index is 1.80. The predicted octanol–water partition coefficient (Wildman–Crippen LogP) is 2.45. The van der Waals surface area contributed by atoms with Gasteiger partial charge in [-0.15, -0.1) is 0 Å². The van der Waals surface area contributed by atoms with Crippen molar-refractivity contribution in [1.29, 1.82) is 0 Å². The molecule has 1 saturated carbocycles. The lowest BCUT2D eigenvalue weighted by Gasteiger charge is -2.16. The number of carbonyl (C=O) groups is 1. The molecule has 4 rings (SSSR count). The third-order valence-corrected chi connectivity index (χ3v) is 5.14. The Morgan fingerprint density at radius 1 is 1.28 bits per heavy atom. The van der Waals surface area contributed by atoms with Crippen LogP contribution in [0.5, 0.6) is 0 Å². The maximum absolute atomic E-state index is 13.0. The predicted molar refractivity (Wildman–Crippen MR) is 109 cm³/mol. The summed E-state index contributed by atoms with van der Waals surface area (Å²) in [5, 5.41) is 17.3. The quantitative estimate of drug-likeness (QED) is 0.650. The number of aliphatic hydroxyl groups excluding tert-OH is 1. The molecule has 1 atom stereocenters. The molecule has 0 spiro atoms. The van der Waals surface area contributed by atoms with E-state index in [2.05, 4.69) is 15.4 Å². The summed E-state index contributed by atoms with van der Waals surface area (Å²) < 4.78 is 1.16. The van der Waals surface area contributed by atoms with Gasteiger partial charge < -0.3 is 10.4 Å². The van der Waals surface area contributed by atoms with E-state index < -0.39 is 11.5 Å². The van der Waals surface area contributed by atoms with E-state index in [0.29, 0.717) is 22.0 Å². The van der Waals surface area contributed by atoms with Crippen LogP contribution in [0, 0.1) is 5.92 Å². The molecule has 2 N–H and O–H groups in total. The van der Waals surface area contributed by atoms with E-state index in [1.807, 2.05) is 0 Å². The first-order chi connectivity index (χ1) is 14.1. The Morgan fingerprint density at radius 3 is 2.66 bits per heavy atom. The number of nitrogens with one attached hydrogen (secondary N) is 1. The number of hydrogen-bond acceptors (Lipinski definition) is 5. The van der Waals surface area contributed by atoms with E-state index >= 15 is 0 Å². The van der Waals surface area contributed by atoms with Gasteiger partial charge in [0.1, 0.15) is 5.56 Å². The fraction of sp³-hybridized carbons (Fsp3) is 0.238. The minimum absolute atomic E-state index is 0.0482. The zero-order valence-corrected chi connectivity index (χ0v) is 16.2. The van der Waals surface area contributed by atoms with E-state index in [-0.39, 0.29) is 24.1 Å². The standard InChI is InChI=1S/C21H19ClN4O3/c22-15-7-5-13(6-8-15)18-10-17(20(28)24-19(12-27)14-3-4-14)21(29)26(25-18)16-2-1-9-23-11-16/h1-2,5-11,14,19,27H,3-4,12H2,(H,24,28)/t19-/m0/s1. The van der Waals surface area contributed by atoms with Crippen molar-refractivity contribution in [2.75, 3.05) is 6.61 Å². The molecule has 0 aliphatic heterocycles. The van der Waals surface area contributed by atoms with E-state index in [1.54, 1.807) is 42.6 Å². The fourth-order valence-electron chi connectivity index (χ4n) is 3.13. The number of rotatable bonds is 6. The average Bonchev–Trinajstić information content (AvgIpc) is 3.58.